The molecule has 1 saturated heterocycles. The lowest BCUT2D eigenvalue weighted by Gasteiger charge is -2.37. The predicted octanol–water partition coefficient (Wildman–Crippen LogP) is 7.20. The van der Waals surface area contributed by atoms with Crippen LogP contribution in [0.5, 0.6) is 11.5 Å². The molecule has 35 heavy (non-hydrogen) atoms. The molecular formula is C30H39NO4. The third kappa shape index (κ3) is 6.88. The summed E-state index contributed by atoms with van der Waals surface area (Å²) in [6.07, 6.45) is 8.62. The van der Waals surface area contributed by atoms with E-state index in [9.17, 15) is 9.90 Å². The third-order valence-corrected chi connectivity index (χ3v) is 6.92. The Hall–Kier alpha value is -2.79. The van der Waals surface area contributed by atoms with Crippen LogP contribution in [0.2, 0.25) is 0 Å². The summed E-state index contributed by atoms with van der Waals surface area (Å²) >= 11 is 0. The lowest BCUT2D eigenvalue weighted by atomic mass is 9.75. The second kappa shape index (κ2) is 10.9. The van der Waals surface area contributed by atoms with Crippen molar-refractivity contribution in [3.63, 3.8) is 0 Å². The fraction of sp³-hybridized carbons (Fsp3) is 0.500. The molecule has 4 rings (SSSR count). The first-order valence-electron chi connectivity index (χ1n) is 13.0. The molecule has 0 atom stereocenters. The first kappa shape index (κ1) is 25.3. The van der Waals surface area contributed by atoms with Crippen molar-refractivity contribution in [2.45, 2.75) is 76.9 Å². The number of allylic oxidation sites excluding steroid dienone is 1. The van der Waals surface area contributed by atoms with Crippen LogP contribution in [0.25, 0.3) is 5.57 Å². The SMILES string of the molecule is CC(C)(C)OC(=O)N1CCC(C=C(c2ccc(Oc3ccccc3)cc2)C2(O)CCCCC2)CC1. The number of piperidine rings is 1. The third-order valence-electron chi connectivity index (χ3n) is 6.92. The second-order valence-corrected chi connectivity index (χ2v) is 10.9. The smallest absolute Gasteiger partial charge is 0.410 e. The van der Waals surface area contributed by atoms with Crippen molar-refractivity contribution in [2.75, 3.05) is 13.1 Å². The van der Waals surface area contributed by atoms with E-state index in [2.05, 4.69) is 18.2 Å². The Labute approximate surface area is 209 Å². The molecule has 1 heterocycles. The summed E-state index contributed by atoms with van der Waals surface area (Å²) in [7, 11) is 0. The maximum atomic E-state index is 12.5. The molecule has 1 saturated carbocycles. The van der Waals surface area contributed by atoms with Crippen molar-refractivity contribution in [1.82, 2.24) is 4.90 Å². The summed E-state index contributed by atoms with van der Waals surface area (Å²) < 4.78 is 11.5. The molecule has 1 N–H and O–H groups in total. The van der Waals surface area contributed by atoms with Gasteiger partial charge in [-0.1, -0.05) is 55.7 Å². The normalized spacial score (nSPS) is 19.3. The number of para-hydroxylation sites is 1. The topological polar surface area (TPSA) is 59.0 Å². The largest absolute Gasteiger partial charge is 0.457 e. The number of amides is 1. The Morgan fingerprint density at radius 2 is 1.54 bits per heavy atom. The number of hydrogen-bond donors (Lipinski definition) is 1. The van der Waals surface area contributed by atoms with E-state index in [1.807, 2.05) is 63.2 Å². The number of likely N-dealkylation sites (tertiary alicyclic amines) is 1. The van der Waals surface area contributed by atoms with Crippen LogP contribution in [0.3, 0.4) is 0 Å². The van der Waals surface area contributed by atoms with E-state index in [4.69, 9.17) is 9.47 Å². The van der Waals surface area contributed by atoms with Crippen molar-refractivity contribution in [2.24, 2.45) is 5.92 Å². The highest BCUT2D eigenvalue weighted by atomic mass is 16.6. The summed E-state index contributed by atoms with van der Waals surface area (Å²) in [6, 6.07) is 17.8. The number of hydrogen-bond acceptors (Lipinski definition) is 4. The molecule has 188 valence electrons. The van der Waals surface area contributed by atoms with E-state index in [0.29, 0.717) is 19.0 Å². The minimum absolute atomic E-state index is 0.236. The van der Waals surface area contributed by atoms with Crippen molar-refractivity contribution in [1.29, 1.82) is 0 Å². The van der Waals surface area contributed by atoms with Gasteiger partial charge >= 0.3 is 6.09 Å². The van der Waals surface area contributed by atoms with Crippen molar-refractivity contribution in [3.05, 3.63) is 66.2 Å². The molecule has 1 aliphatic heterocycles. The van der Waals surface area contributed by atoms with E-state index < -0.39 is 11.2 Å². The molecule has 1 amide bonds. The monoisotopic (exact) mass is 477 g/mol. The van der Waals surface area contributed by atoms with E-state index in [1.54, 1.807) is 4.90 Å². The molecule has 0 bridgehead atoms. The fourth-order valence-electron chi connectivity index (χ4n) is 5.06. The number of aliphatic hydroxyl groups is 1. The van der Waals surface area contributed by atoms with Crippen LogP contribution < -0.4 is 4.74 Å². The molecule has 2 aromatic carbocycles. The van der Waals surface area contributed by atoms with E-state index in [0.717, 1.165) is 61.2 Å². The minimum atomic E-state index is -0.803. The molecule has 0 radical (unpaired) electrons. The Bertz CT molecular complexity index is 993. The quantitative estimate of drug-likeness (QED) is 0.494. The summed E-state index contributed by atoms with van der Waals surface area (Å²) in [4.78, 5) is 14.3. The van der Waals surface area contributed by atoms with Crippen LogP contribution in [0, 0.1) is 5.92 Å². The van der Waals surface area contributed by atoms with Gasteiger partial charge < -0.3 is 19.5 Å². The summed E-state index contributed by atoms with van der Waals surface area (Å²) in [5, 5.41) is 11.7. The maximum Gasteiger partial charge on any atom is 0.410 e. The van der Waals surface area contributed by atoms with Gasteiger partial charge in [0.25, 0.3) is 0 Å². The number of ether oxygens (including phenoxy) is 2. The number of carbonyl (C=O) groups excluding carboxylic acids is 1. The first-order chi connectivity index (χ1) is 16.7. The molecule has 2 aliphatic rings. The molecule has 2 aromatic rings. The summed E-state index contributed by atoms with van der Waals surface area (Å²) in [6.45, 7) is 7.03. The zero-order valence-corrected chi connectivity index (χ0v) is 21.3. The zero-order valence-electron chi connectivity index (χ0n) is 21.3. The average Bonchev–Trinajstić information content (AvgIpc) is 2.83. The van der Waals surface area contributed by atoms with Crippen molar-refractivity contribution < 1.29 is 19.4 Å². The highest BCUT2D eigenvalue weighted by Crippen LogP contribution is 2.41. The Kier molecular flexibility index (Phi) is 7.85. The second-order valence-electron chi connectivity index (χ2n) is 10.9. The standard InChI is InChI=1S/C30H39NO4/c1-29(2,3)35-28(32)31-20-16-23(17-21-31)22-27(30(33)18-8-5-9-19-30)24-12-14-26(15-13-24)34-25-10-6-4-7-11-25/h4,6-7,10-15,22-23,33H,5,8-9,16-21H2,1-3H3. The summed E-state index contributed by atoms with van der Waals surface area (Å²) in [5.41, 5.74) is 0.785. The number of nitrogens with zero attached hydrogens (tertiary/aromatic N) is 1. The molecule has 0 spiro atoms. The van der Waals surface area contributed by atoms with Gasteiger partial charge in [-0.25, -0.2) is 4.79 Å². The van der Waals surface area contributed by atoms with Crippen LogP contribution in [-0.2, 0) is 4.74 Å². The molecule has 1 aliphatic carbocycles. The average molecular weight is 478 g/mol. The Morgan fingerprint density at radius 1 is 0.943 bits per heavy atom. The fourth-order valence-corrected chi connectivity index (χ4v) is 5.06. The van der Waals surface area contributed by atoms with Crippen LogP contribution in [-0.4, -0.2) is 40.4 Å². The van der Waals surface area contributed by atoms with Gasteiger partial charge in [0, 0.05) is 13.1 Å². The molecular weight excluding hydrogens is 438 g/mol. The van der Waals surface area contributed by atoms with Gasteiger partial charge in [-0.05, 0) is 87.8 Å². The predicted molar refractivity (Wildman–Crippen MR) is 140 cm³/mol. The molecule has 0 unspecified atom stereocenters. The Morgan fingerprint density at radius 3 is 2.14 bits per heavy atom. The molecule has 0 aromatic heterocycles. The highest BCUT2D eigenvalue weighted by Gasteiger charge is 2.35. The van der Waals surface area contributed by atoms with Gasteiger partial charge in [0.2, 0.25) is 0 Å². The lowest BCUT2D eigenvalue weighted by Crippen LogP contribution is -2.41. The molecule has 5 heteroatoms. The molecule has 2 fully saturated rings. The van der Waals surface area contributed by atoms with Gasteiger partial charge in [-0.2, -0.15) is 0 Å². The molecule has 5 nitrogen and oxygen atoms in total. The lowest BCUT2D eigenvalue weighted by molar-refractivity contribution is 0.0195. The van der Waals surface area contributed by atoms with E-state index >= 15 is 0 Å². The van der Waals surface area contributed by atoms with Gasteiger partial charge in [0.15, 0.2) is 0 Å². The number of benzene rings is 2. The van der Waals surface area contributed by atoms with E-state index in [-0.39, 0.29) is 6.09 Å². The Balaban J connectivity index is 1.50. The van der Waals surface area contributed by atoms with Crippen molar-refractivity contribution in [3.8, 4) is 11.5 Å². The summed E-state index contributed by atoms with van der Waals surface area (Å²) in [5.74, 6) is 1.90. The number of carbonyl (C=O) groups is 1. The zero-order chi connectivity index (χ0) is 24.9. The van der Waals surface area contributed by atoms with Gasteiger partial charge in [0.1, 0.15) is 17.1 Å². The van der Waals surface area contributed by atoms with Gasteiger partial charge in [-0.15, -0.1) is 0 Å². The van der Waals surface area contributed by atoms with Gasteiger partial charge in [0.05, 0.1) is 5.60 Å². The van der Waals surface area contributed by atoms with Crippen molar-refractivity contribution >= 4 is 11.7 Å². The first-order valence-corrected chi connectivity index (χ1v) is 13.0. The van der Waals surface area contributed by atoms with Crippen LogP contribution >= 0.6 is 0 Å². The maximum absolute atomic E-state index is 12.5. The minimum Gasteiger partial charge on any atom is -0.457 e. The van der Waals surface area contributed by atoms with Crippen LogP contribution in [0.15, 0.2) is 60.7 Å². The van der Waals surface area contributed by atoms with Crippen LogP contribution in [0.1, 0.15) is 71.3 Å². The number of rotatable bonds is 5. The van der Waals surface area contributed by atoms with Crippen LogP contribution in [0.4, 0.5) is 4.79 Å². The highest BCUT2D eigenvalue weighted by molar-refractivity contribution is 5.73. The van der Waals surface area contributed by atoms with Gasteiger partial charge in [-0.3, -0.25) is 0 Å². The van der Waals surface area contributed by atoms with E-state index in [1.165, 1.54) is 6.42 Å².